The molecule has 0 saturated carbocycles. The van der Waals surface area contributed by atoms with E-state index in [1.54, 1.807) is 0 Å². The highest BCUT2D eigenvalue weighted by Crippen LogP contribution is 2.15. The van der Waals surface area contributed by atoms with E-state index in [0.29, 0.717) is 19.3 Å². The molecule has 0 bridgehead atoms. The zero-order valence-corrected chi connectivity index (χ0v) is 51.8. The fraction of sp³-hybridized carbons (Fsp3) is 0.635. The summed E-state index contributed by atoms with van der Waals surface area (Å²) in [5.74, 6) is -0.933. The quantitative estimate of drug-likeness (QED) is 0.0261. The monoisotopic (exact) mass is 1100 g/mol. The topological polar surface area (TPSA) is 78.9 Å². The van der Waals surface area contributed by atoms with E-state index in [1.165, 1.54) is 89.9 Å². The molecule has 0 aromatic rings. The van der Waals surface area contributed by atoms with Crippen LogP contribution in [0, 0.1) is 0 Å². The fourth-order valence-electron chi connectivity index (χ4n) is 8.70. The van der Waals surface area contributed by atoms with Crippen LogP contribution in [0.5, 0.6) is 0 Å². The molecule has 0 aromatic heterocycles. The molecule has 0 aliphatic rings. The van der Waals surface area contributed by atoms with Gasteiger partial charge in [-0.15, -0.1) is 0 Å². The first-order valence-electron chi connectivity index (χ1n) is 32.8. The van der Waals surface area contributed by atoms with Crippen LogP contribution in [0.3, 0.4) is 0 Å². The summed E-state index contributed by atoms with van der Waals surface area (Å²) < 4.78 is 16.9. The highest BCUT2D eigenvalue weighted by Gasteiger charge is 2.19. The van der Waals surface area contributed by atoms with Crippen LogP contribution in [0.15, 0.2) is 146 Å². The lowest BCUT2D eigenvalue weighted by molar-refractivity contribution is -0.167. The third kappa shape index (κ3) is 64.1. The van der Waals surface area contributed by atoms with Crippen molar-refractivity contribution in [2.24, 2.45) is 0 Å². The molecule has 0 aliphatic heterocycles. The first-order valence-corrected chi connectivity index (χ1v) is 32.8. The predicted molar refractivity (Wildman–Crippen MR) is 348 cm³/mol. The molecule has 0 saturated heterocycles. The SMILES string of the molecule is CC/C=C\C/C=C\C/C=C\C/C=C\C/C=C\C/C=C\CCCCCCC(=O)OC(COC(=O)CCCCCCC/C=C\CCCCC)COC(=O)CCCCCCCCCCCCC/C=C\C/C=C\C/C=C\C/C=C\C/C=C\CC. The minimum atomic E-state index is -0.803. The van der Waals surface area contributed by atoms with Crippen molar-refractivity contribution in [2.75, 3.05) is 13.2 Å². The highest BCUT2D eigenvalue weighted by atomic mass is 16.6. The largest absolute Gasteiger partial charge is 0.462 e. The Morgan fingerprint density at radius 2 is 0.487 bits per heavy atom. The Kier molecular flexibility index (Phi) is 62.9. The number of rotatable bonds is 58. The Bertz CT molecular complexity index is 1750. The van der Waals surface area contributed by atoms with Gasteiger partial charge in [-0.1, -0.05) is 269 Å². The van der Waals surface area contributed by atoms with E-state index in [4.69, 9.17) is 14.2 Å². The summed E-state index contributed by atoms with van der Waals surface area (Å²) in [7, 11) is 0. The van der Waals surface area contributed by atoms with E-state index in [2.05, 4.69) is 167 Å². The van der Waals surface area contributed by atoms with Gasteiger partial charge in [0, 0.05) is 19.3 Å². The maximum atomic E-state index is 12.9. The molecular weight excluding hydrogens is 985 g/mol. The van der Waals surface area contributed by atoms with Crippen LogP contribution in [-0.2, 0) is 28.6 Å². The number of carbonyl (C=O) groups is 3. The van der Waals surface area contributed by atoms with Crippen LogP contribution >= 0.6 is 0 Å². The second-order valence-electron chi connectivity index (χ2n) is 21.3. The highest BCUT2D eigenvalue weighted by molar-refractivity contribution is 5.71. The fourth-order valence-corrected chi connectivity index (χ4v) is 8.70. The third-order valence-corrected chi connectivity index (χ3v) is 13.6. The molecule has 0 amide bonds. The molecule has 0 heterocycles. The van der Waals surface area contributed by atoms with Gasteiger partial charge in [0.15, 0.2) is 6.10 Å². The van der Waals surface area contributed by atoms with Crippen LogP contribution < -0.4 is 0 Å². The molecule has 0 aliphatic carbocycles. The minimum Gasteiger partial charge on any atom is -0.462 e. The Morgan fingerprint density at radius 3 is 0.775 bits per heavy atom. The van der Waals surface area contributed by atoms with Crippen molar-refractivity contribution in [2.45, 2.75) is 290 Å². The van der Waals surface area contributed by atoms with Crippen molar-refractivity contribution in [3.63, 3.8) is 0 Å². The molecular formula is C74H120O6. The molecule has 0 N–H and O–H groups in total. The van der Waals surface area contributed by atoms with Crippen LogP contribution in [0.1, 0.15) is 284 Å². The zero-order valence-electron chi connectivity index (χ0n) is 51.8. The van der Waals surface area contributed by atoms with Gasteiger partial charge in [0.05, 0.1) is 0 Å². The van der Waals surface area contributed by atoms with E-state index < -0.39 is 6.10 Å². The number of unbranched alkanes of at least 4 members (excludes halogenated alkanes) is 23. The maximum Gasteiger partial charge on any atom is 0.306 e. The van der Waals surface area contributed by atoms with E-state index in [0.717, 1.165) is 154 Å². The first-order chi connectivity index (χ1) is 39.5. The standard InChI is InChI=1S/C74H120O6/c1-4-7-10-13-16-19-22-25-27-29-31-33-35-36-37-38-40-41-43-45-47-49-52-55-58-61-64-67-73(76)79-70-71(69-78-72(75)66-63-60-57-54-51-24-21-18-15-12-9-6-3)80-74(77)68-65-62-59-56-53-50-48-46-44-42-39-34-32-30-28-26-23-20-17-14-11-8-5-2/h7-8,10-11,16-21,25-28,31-34,36-37,42,44,48,50,71H,4-6,9,12-15,22-24,29-30,35,38-41,43,45-47,49,51-70H2,1-3H3/b10-7-,11-8-,19-16-,20-17-,21-18-,27-25-,28-26-,33-31-,34-32-,37-36-,44-42-,50-48-. The summed E-state index contributed by atoms with van der Waals surface area (Å²) in [5.41, 5.74) is 0. The summed E-state index contributed by atoms with van der Waals surface area (Å²) in [6.07, 6.45) is 95.7. The van der Waals surface area contributed by atoms with Crippen molar-refractivity contribution in [3.05, 3.63) is 146 Å². The van der Waals surface area contributed by atoms with Gasteiger partial charge in [-0.3, -0.25) is 14.4 Å². The van der Waals surface area contributed by atoms with Gasteiger partial charge in [-0.25, -0.2) is 0 Å². The van der Waals surface area contributed by atoms with Gasteiger partial charge in [-0.05, 0) is 141 Å². The molecule has 0 rings (SSSR count). The molecule has 452 valence electrons. The smallest absolute Gasteiger partial charge is 0.306 e. The van der Waals surface area contributed by atoms with Gasteiger partial charge >= 0.3 is 17.9 Å². The van der Waals surface area contributed by atoms with Crippen molar-refractivity contribution in [3.8, 4) is 0 Å². The van der Waals surface area contributed by atoms with Gasteiger partial charge in [-0.2, -0.15) is 0 Å². The van der Waals surface area contributed by atoms with Gasteiger partial charge in [0.25, 0.3) is 0 Å². The van der Waals surface area contributed by atoms with Gasteiger partial charge < -0.3 is 14.2 Å². The van der Waals surface area contributed by atoms with Gasteiger partial charge in [0.2, 0.25) is 0 Å². The second-order valence-corrected chi connectivity index (χ2v) is 21.3. The third-order valence-electron chi connectivity index (χ3n) is 13.6. The van der Waals surface area contributed by atoms with Crippen LogP contribution in [-0.4, -0.2) is 37.2 Å². The van der Waals surface area contributed by atoms with Crippen molar-refractivity contribution in [1.82, 2.24) is 0 Å². The second kappa shape index (κ2) is 66.8. The van der Waals surface area contributed by atoms with Gasteiger partial charge in [0.1, 0.15) is 13.2 Å². The molecule has 6 nitrogen and oxygen atoms in total. The van der Waals surface area contributed by atoms with Crippen molar-refractivity contribution >= 4 is 17.9 Å². The average molecular weight is 1110 g/mol. The number of carbonyl (C=O) groups excluding carboxylic acids is 3. The van der Waals surface area contributed by atoms with Crippen LogP contribution in [0.25, 0.3) is 0 Å². The van der Waals surface area contributed by atoms with Crippen LogP contribution in [0.4, 0.5) is 0 Å². The Labute approximate surface area is 493 Å². The lowest BCUT2D eigenvalue weighted by Gasteiger charge is -2.18. The number of ether oxygens (including phenoxy) is 3. The molecule has 1 unspecified atom stereocenters. The minimum absolute atomic E-state index is 0.0970. The summed E-state index contributed by atoms with van der Waals surface area (Å²) in [6.45, 7) is 6.36. The van der Waals surface area contributed by atoms with E-state index in [9.17, 15) is 14.4 Å². The molecule has 80 heavy (non-hydrogen) atoms. The van der Waals surface area contributed by atoms with E-state index in [1.807, 2.05) is 0 Å². The summed E-state index contributed by atoms with van der Waals surface area (Å²) in [6, 6.07) is 0. The number of allylic oxidation sites excluding steroid dienone is 24. The molecule has 0 aromatic carbocycles. The number of esters is 3. The van der Waals surface area contributed by atoms with Crippen molar-refractivity contribution in [1.29, 1.82) is 0 Å². The average Bonchev–Trinajstić information content (AvgIpc) is 3.46. The summed E-state index contributed by atoms with van der Waals surface area (Å²) in [5, 5.41) is 0. The zero-order chi connectivity index (χ0) is 57.8. The Balaban J connectivity index is 4.37. The molecule has 1 atom stereocenters. The van der Waals surface area contributed by atoms with Crippen LogP contribution in [0.2, 0.25) is 0 Å². The van der Waals surface area contributed by atoms with E-state index >= 15 is 0 Å². The first kappa shape index (κ1) is 75.3. The lowest BCUT2D eigenvalue weighted by Crippen LogP contribution is -2.30. The molecule has 0 radical (unpaired) electrons. The molecule has 0 spiro atoms. The Morgan fingerprint density at radius 1 is 0.263 bits per heavy atom. The Hall–Kier alpha value is -4.71. The predicted octanol–water partition coefficient (Wildman–Crippen LogP) is 22.7. The maximum absolute atomic E-state index is 12.9. The lowest BCUT2D eigenvalue weighted by atomic mass is 10.0. The number of hydrogen-bond acceptors (Lipinski definition) is 6. The van der Waals surface area contributed by atoms with Crippen molar-refractivity contribution < 1.29 is 28.6 Å². The summed E-state index contributed by atoms with van der Waals surface area (Å²) >= 11 is 0. The molecule has 6 heteroatoms. The molecule has 0 fully saturated rings. The van der Waals surface area contributed by atoms with E-state index in [-0.39, 0.29) is 31.1 Å². The number of hydrogen-bond donors (Lipinski definition) is 0. The normalized spacial score (nSPS) is 13.1. The summed E-state index contributed by atoms with van der Waals surface area (Å²) in [4.78, 5) is 38.3.